The minimum atomic E-state index is -0.393. The van der Waals surface area contributed by atoms with Gasteiger partial charge in [0.2, 0.25) is 11.7 Å². The smallest absolute Gasteiger partial charge is 0.348 e. The van der Waals surface area contributed by atoms with Crippen molar-refractivity contribution in [3.8, 4) is 22.9 Å². The molecule has 0 spiro atoms. The predicted octanol–water partition coefficient (Wildman–Crippen LogP) is 4.42. The summed E-state index contributed by atoms with van der Waals surface area (Å²) in [6.07, 6.45) is 5.26. The van der Waals surface area contributed by atoms with Crippen LogP contribution < -0.4 is 24.4 Å². The van der Waals surface area contributed by atoms with E-state index in [9.17, 15) is 9.90 Å². The zero-order chi connectivity index (χ0) is 29.1. The number of carbonyl (C=O) groups excluding carboxylic acids is 1. The number of anilines is 3. The molecule has 1 aliphatic rings. The minimum Gasteiger partial charge on any atom is -0.493 e. The Labute approximate surface area is 241 Å². The second kappa shape index (κ2) is 12.2. The number of carbonyl (C=O) groups is 1. The number of hydrogen-bond donors (Lipinski definition) is 2. The standard InChI is InChI=1S/C28H34N6O6S/c1-16(2)14-40-27(36)22-11-19-25(31-28(32-26(19)41-22)34-8-6-7-17(34)13-35)30-23-12-33(15-29-23)18-9-20(37-3)24(39-5)21(10-18)38-4/h9-12,15-17,35H,6-8,13-14H2,1-5H3,(H,30,31,32)/t17-/m0/s1. The lowest BCUT2D eigenvalue weighted by atomic mass is 10.2. The molecule has 5 rings (SSSR count). The SMILES string of the molecule is COc1cc(-n2cnc(Nc3nc(N4CCC[C@H]4CO)nc4sc(C(=O)OCC(C)C)cc34)c2)cc(OC)c1OC. The fourth-order valence-corrected chi connectivity index (χ4v) is 5.62. The van der Waals surface area contributed by atoms with Gasteiger partial charge in [0.15, 0.2) is 11.5 Å². The topological polar surface area (TPSA) is 133 Å². The number of benzene rings is 1. The summed E-state index contributed by atoms with van der Waals surface area (Å²) in [5, 5.41) is 13.9. The number of imidazole rings is 1. The second-order valence-corrected chi connectivity index (χ2v) is 11.1. The van der Waals surface area contributed by atoms with Gasteiger partial charge in [-0.05, 0) is 24.8 Å². The Kier molecular flexibility index (Phi) is 8.45. The quantitative estimate of drug-likeness (QED) is 0.244. The number of aliphatic hydroxyl groups excluding tert-OH is 1. The molecule has 13 heteroatoms. The first-order valence-electron chi connectivity index (χ1n) is 13.3. The van der Waals surface area contributed by atoms with E-state index >= 15 is 0 Å². The van der Waals surface area contributed by atoms with Crippen LogP contribution in [0.1, 0.15) is 36.4 Å². The first-order valence-corrected chi connectivity index (χ1v) is 14.1. The average Bonchev–Trinajstić information content (AvgIpc) is 3.74. The normalized spacial score (nSPS) is 15.0. The number of ether oxygens (including phenoxy) is 4. The van der Waals surface area contributed by atoms with Gasteiger partial charge in [-0.1, -0.05) is 13.8 Å². The second-order valence-electron chi connectivity index (χ2n) is 10.0. The lowest BCUT2D eigenvalue weighted by molar-refractivity contribution is 0.0465. The maximum absolute atomic E-state index is 12.8. The van der Waals surface area contributed by atoms with E-state index < -0.39 is 5.97 Å². The van der Waals surface area contributed by atoms with Crippen molar-refractivity contribution in [2.45, 2.75) is 32.7 Å². The summed E-state index contributed by atoms with van der Waals surface area (Å²) in [5.41, 5.74) is 0.752. The van der Waals surface area contributed by atoms with E-state index in [1.54, 1.807) is 33.7 Å². The number of nitrogens with one attached hydrogen (secondary N) is 1. The number of aromatic nitrogens is 4. The lowest BCUT2D eigenvalue weighted by Gasteiger charge is -2.23. The highest BCUT2D eigenvalue weighted by atomic mass is 32.1. The first-order chi connectivity index (χ1) is 19.8. The van der Waals surface area contributed by atoms with E-state index in [0.717, 1.165) is 25.1 Å². The van der Waals surface area contributed by atoms with Crippen LogP contribution in [0, 0.1) is 5.92 Å². The van der Waals surface area contributed by atoms with Crippen molar-refractivity contribution in [3.05, 3.63) is 35.6 Å². The molecule has 0 bridgehead atoms. The summed E-state index contributed by atoms with van der Waals surface area (Å²) in [7, 11) is 4.69. The predicted molar refractivity (Wildman–Crippen MR) is 156 cm³/mol. The Bertz CT molecular complexity index is 1510. The van der Waals surface area contributed by atoms with Crippen LogP contribution >= 0.6 is 11.3 Å². The Morgan fingerprint density at radius 3 is 2.56 bits per heavy atom. The Morgan fingerprint density at radius 1 is 1.15 bits per heavy atom. The molecule has 4 heterocycles. The fourth-order valence-electron chi connectivity index (χ4n) is 4.70. The number of aliphatic hydroxyl groups is 1. The summed E-state index contributed by atoms with van der Waals surface area (Å²) in [6, 6.07) is 5.34. The third kappa shape index (κ3) is 5.86. The van der Waals surface area contributed by atoms with Crippen molar-refractivity contribution >= 4 is 45.1 Å². The Morgan fingerprint density at radius 2 is 1.90 bits per heavy atom. The molecule has 1 saturated heterocycles. The van der Waals surface area contributed by atoms with Crippen LogP contribution in [-0.2, 0) is 4.74 Å². The maximum Gasteiger partial charge on any atom is 0.348 e. The van der Waals surface area contributed by atoms with Crippen LogP contribution in [0.4, 0.5) is 17.6 Å². The first kappa shape index (κ1) is 28.4. The molecule has 1 atom stereocenters. The van der Waals surface area contributed by atoms with Crippen molar-refractivity contribution < 1.29 is 28.8 Å². The number of rotatable bonds is 11. The van der Waals surface area contributed by atoms with Crippen LogP contribution in [0.3, 0.4) is 0 Å². The number of esters is 1. The molecule has 41 heavy (non-hydrogen) atoms. The van der Waals surface area contributed by atoms with Crippen LogP contribution in [-0.4, -0.2) is 77.7 Å². The average molecular weight is 583 g/mol. The third-order valence-corrected chi connectivity index (χ3v) is 7.76. The van der Waals surface area contributed by atoms with Gasteiger partial charge in [-0.2, -0.15) is 4.98 Å². The molecule has 1 fully saturated rings. The summed E-state index contributed by atoms with van der Waals surface area (Å²) in [5.74, 6) is 2.89. The highest BCUT2D eigenvalue weighted by Gasteiger charge is 2.28. The van der Waals surface area contributed by atoms with Crippen molar-refractivity contribution in [1.82, 2.24) is 19.5 Å². The molecule has 0 saturated carbocycles. The lowest BCUT2D eigenvalue weighted by Crippen LogP contribution is -2.33. The molecular formula is C28H34N6O6S. The van der Waals surface area contributed by atoms with Gasteiger partial charge in [-0.3, -0.25) is 0 Å². The van der Waals surface area contributed by atoms with Crippen LogP contribution in [0.15, 0.2) is 30.7 Å². The molecule has 1 aliphatic heterocycles. The van der Waals surface area contributed by atoms with E-state index in [2.05, 4.69) is 10.3 Å². The summed E-state index contributed by atoms with van der Waals surface area (Å²) >= 11 is 1.26. The Balaban J connectivity index is 1.51. The van der Waals surface area contributed by atoms with Gasteiger partial charge in [-0.15, -0.1) is 11.3 Å². The largest absolute Gasteiger partial charge is 0.493 e. The van der Waals surface area contributed by atoms with Crippen LogP contribution in [0.5, 0.6) is 17.2 Å². The molecule has 218 valence electrons. The van der Waals surface area contributed by atoms with E-state index in [4.69, 9.17) is 28.9 Å². The van der Waals surface area contributed by atoms with Gasteiger partial charge in [0, 0.05) is 18.7 Å². The van der Waals surface area contributed by atoms with Gasteiger partial charge in [0.05, 0.1) is 57.9 Å². The maximum atomic E-state index is 12.8. The van der Waals surface area contributed by atoms with Gasteiger partial charge >= 0.3 is 5.97 Å². The zero-order valence-electron chi connectivity index (χ0n) is 23.7. The summed E-state index contributed by atoms with van der Waals surface area (Å²) in [6.45, 7) is 5.06. The van der Waals surface area contributed by atoms with Gasteiger partial charge < -0.3 is 38.8 Å². The van der Waals surface area contributed by atoms with Crippen LogP contribution in [0.2, 0.25) is 0 Å². The third-order valence-electron chi connectivity index (χ3n) is 6.75. The number of nitrogens with zero attached hydrogens (tertiary/aromatic N) is 5. The minimum absolute atomic E-state index is 0.0145. The molecule has 0 unspecified atom stereocenters. The summed E-state index contributed by atoms with van der Waals surface area (Å²) < 4.78 is 23.7. The molecule has 1 aromatic carbocycles. The van der Waals surface area contributed by atoms with Crippen molar-refractivity contribution in [1.29, 1.82) is 0 Å². The molecule has 0 amide bonds. The fraction of sp³-hybridized carbons (Fsp3) is 0.429. The van der Waals surface area contributed by atoms with Gasteiger partial charge in [0.25, 0.3) is 0 Å². The Hall–Kier alpha value is -4.10. The molecular weight excluding hydrogens is 548 g/mol. The van der Waals surface area contributed by atoms with E-state index in [-0.39, 0.29) is 18.6 Å². The van der Waals surface area contributed by atoms with Crippen molar-refractivity contribution in [3.63, 3.8) is 0 Å². The molecule has 12 nitrogen and oxygen atoms in total. The number of thiophene rings is 1. The molecule has 0 radical (unpaired) electrons. The zero-order valence-corrected chi connectivity index (χ0v) is 24.5. The van der Waals surface area contributed by atoms with Crippen LogP contribution in [0.25, 0.3) is 15.9 Å². The molecule has 4 aromatic rings. The van der Waals surface area contributed by atoms with Gasteiger partial charge in [0.1, 0.15) is 27.7 Å². The molecule has 2 N–H and O–H groups in total. The van der Waals surface area contributed by atoms with E-state index in [1.807, 2.05) is 41.6 Å². The highest BCUT2D eigenvalue weighted by Crippen LogP contribution is 2.40. The number of hydrogen-bond acceptors (Lipinski definition) is 12. The monoisotopic (exact) mass is 582 g/mol. The molecule has 0 aliphatic carbocycles. The van der Waals surface area contributed by atoms with E-state index in [0.29, 0.717) is 56.5 Å². The van der Waals surface area contributed by atoms with Gasteiger partial charge in [-0.25, -0.2) is 14.8 Å². The number of fused-ring (bicyclic) bond motifs is 1. The number of methoxy groups -OCH3 is 3. The molecule has 3 aromatic heterocycles. The van der Waals surface area contributed by atoms with Crippen molar-refractivity contribution in [2.24, 2.45) is 5.92 Å². The van der Waals surface area contributed by atoms with Crippen molar-refractivity contribution in [2.75, 3.05) is 51.3 Å². The highest BCUT2D eigenvalue weighted by molar-refractivity contribution is 7.20. The summed E-state index contributed by atoms with van der Waals surface area (Å²) in [4.78, 5) is 30.0. The van der Waals surface area contributed by atoms with E-state index in [1.165, 1.54) is 11.3 Å².